The number of fused-ring (bicyclic) bond motifs is 1. The highest BCUT2D eigenvalue weighted by Gasteiger charge is 1.96. The minimum Gasteiger partial charge on any atom is -0.282 e. The highest BCUT2D eigenvalue weighted by atomic mass is 32.1. The third-order valence-electron chi connectivity index (χ3n) is 1.65. The first-order valence-corrected chi connectivity index (χ1v) is 5.62. The molecule has 0 aliphatic rings. The Morgan fingerprint density at radius 1 is 1.14 bits per heavy atom. The van der Waals surface area contributed by atoms with Gasteiger partial charge in [0.1, 0.15) is 0 Å². The van der Waals surface area contributed by atoms with E-state index in [2.05, 4.69) is 28.9 Å². The van der Waals surface area contributed by atoms with E-state index >= 15 is 0 Å². The Bertz CT molecular complexity index is 355. The van der Waals surface area contributed by atoms with Crippen molar-refractivity contribution in [1.29, 1.82) is 0 Å². The molecule has 2 rings (SSSR count). The lowest BCUT2D eigenvalue weighted by Gasteiger charge is -1.84. The first-order chi connectivity index (χ1) is 6.88. The van der Waals surface area contributed by atoms with Gasteiger partial charge in [0.2, 0.25) is 0 Å². The summed E-state index contributed by atoms with van der Waals surface area (Å²) in [6.45, 7) is 6.02. The fourth-order valence-electron chi connectivity index (χ4n) is 1.09. The first-order valence-electron chi connectivity index (χ1n) is 4.72. The molecule has 0 aliphatic carbocycles. The number of thiol groups is 1. The van der Waals surface area contributed by atoms with Crippen molar-refractivity contribution in [3.8, 4) is 0 Å². The summed E-state index contributed by atoms with van der Waals surface area (Å²) in [5.41, 5.74) is 2.18. The van der Waals surface area contributed by atoms with Gasteiger partial charge in [0.15, 0.2) is 0 Å². The zero-order chi connectivity index (χ0) is 11.0. The number of rotatable bonds is 0. The number of H-pyrrole nitrogens is 1. The third-order valence-corrected chi connectivity index (χ3v) is 1.65. The molecule has 0 fully saturated rings. The van der Waals surface area contributed by atoms with Crippen LogP contribution in [-0.4, -0.2) is 16.5 Å². The van der Waals surface area contributed by atoms with Crippen molar-refractivity contribution in [3.05, 3.63) is 30.0 Å². The van der Waals surface area contributed by atoms with Crippen LogP contribution in [0.25, 0.3) is 10.9 Å². The molecule has 0 radical (unpaired) electrons. The largest absolute Gasteiger partial charge is 0.282 e. The lowest BCUT2D eigenvalue weighted by Crippen LogP contribution is -1.67. The molecule has 3 heteroatoms. The number of hydrogen-bond acceptors (Lipinski definition) is 2. The smallest absolute Gasteiger partial charge is 0.0923 e. The summed E-state index contributed by atoms with van der Waals surface area (Å²) in [6, 6.07) is 8.07. The highest BCUT2D eigenvalue weighted by Crippen LogP contribution is 2.12. The molecular weight excluding hydrogens is 192 g/mol. The molecule has 0 atom stereocenters. The minimum absolute atomic E-state index is 1.04. The predicted molar refractivity (Wildman–Crippen MR) is 67.1 cm³/mol. The van der Waals surface area contributed by atoms with E-state index in [-0.39, 0.29) is 0 Å². The Labute approximate surface area is 91.1 Å². The fraction of sp³-hybridized carbons (Fsp3) is 0.364. The van der Waals surface area contributed by atoms with Gasteiger partial charge in [-0.25, -0.2) is 0 Å². The van der Waals surface area contributed by atoms with Crippen molar-refractivity contribution in [3.63, 3.8) is 0 Å². The molecule has 2 aromatic rings. The summed E-state index contributed by atoms with van der Waals surface area (Å²) in [6.07, 6.45) is 1.69. The maximum absolute atomic E-state index is 4.09. The molecule has 0 amide bonds. The van der Waals surface area contributed by atoms with Gasteiger partial charge in [-0.2, -0.15) is 17.7 Å². The predicted octanol–water partition coefficient (Wildman–Crippen LogP) is 3.44. The quantitative estimate of drug-likeness (QED) is 0.641. The SMILES string of the molecule is CC.CS.Cc1[nH]nc2ccccc12. The molecule has 1 aromatic carbocycles. The number of nitrogens with zero attached hydrogens (tertiary/aromatic N) is 1. The van der Waals surface area contributed by atoms with Gasteiger partial charge in [-0.3, -0.25) is 5.10 Å². The Balaban J connectivity index is 0.000000379. The van der Waals surface area contributed by atoms with Crippen molar-refractivity contribution >= 4 is 23.5 Å². The number of aromatic nitrogens is 2. The normalized spacial score (nSPS) is 8.36. The zero-order valence-electron chi connectivity index (χ0n) is 9.20. The molecule has 0 bridgehead atoms. The minimum atomic E-state index is 1.04. The summed E-state index contributed by atoms with van der Waals surface area (Å²) in [7, 11) is 0. The van der Waals surface area contributed by atoms with Crippen molar-refractivity contribution in [2.24, 2.45) is 0 Å². The van der Waals surface area contributed by atoms with Crippen LogP contribution in [0.2, 0.25) is 0 Å². The van der Waals surface area contributed by atoms with Crippen molar-refractivity contribution in [2.45, 2.75) is 20.8 Å². The van der Waals surface area contributed by atoms with Crippen LogP contribution in [0.3, 0.4) is 0 Å². The van der Waals surface area contributed by atoms with E-state index in [0.717, 1.165) is 11.2 Å². The summed E-state index contributed by atoms with van der Waals surface area (Å²) in [5, 5.41) is 8.23. The van der Waals surface area contributed by atoms with Crippen LogP contribution in [0.15, 0.2) is 24.3 Å². The number of hydrogen-bond donors (Lipinski definition) is 2. The summed E-state index contributed by atoms with van der Waals surface area (Å²) >= 11 is 3.53. The molecular formula is C11H18N2S. The average Bonchev–Trinajstić information content (AvgIpc) is 2.67. The standard InChI is InChI=1S/C8H8N2.C2H6.CH4S/c1-6-7-4-2-3-5-8(7)10-9-6;2*1-2/h2-5H,1H3,(H,9,10);1-2H3;2H,1H3. The topological polar surface area (TPSA) is 28.7 Å². The van der Waals surface area contributed by atoms with E-state index in [1.807, 2.05) is 39.0 Å². The van der Waals surface area contributed by atoms with E-state index in [9.17, 15) is 0 Å². The van der Waals surface area contributed by atoms with Gasteiger partial charge in [0.25, 0.3) is 0 Å². The molecule has 14 heavy (non-hydrogen) atoms. The lowest BCUT2D eigenvalue weighted by atomic mass is 10.2. The monoisotopic (exact) mass is 210 g/mol. The van der Waals surface area contributed by atoms with Crippen molar-refractivity contribution in [1.82, 2.24) is 10.2 Å². The van der Waals surface area contributed by atoms with Crippen LogP contribution >= 0.6 is 12.6 Å². The molecule has 0 unspecified atom stereocenters. The Morgan fingerprint density at radius 2 is 1.71 bits per heavy atom. The van der Waals surface area contributed by atoms with Crippen LogP contribution in [0.1, 0.15) is 19.5 Å². The Kier molecular flexibility index (Phi) is 6.93. The number of aromatic amines is 1. The fourth-order valence-corrected chi connectivity index (χ4v) is 1.09. The maximum atomic E-state index is 4.09. The molecule has 1 heterocycles. The van der Waals surface area contributed by atoms with Crippen LogP contribution in [0.5, 0.6) is 0 Å². The summed E-state index contributed by atoms with van der Waals surface area (Å²) in [4.78, 5) is 0. The first kappa shape index (κ1) is 13.0. The number of para-hydroxylation sites is 1. The zero-order valence-corrected chi connectivity index (χ0v) is 10.1. The van der Waals surface area contributed by atoms with Crippen molar-refractivity contribution < 1.29 is 0 Å². The molecule has 0 aliphatic heterocycles. The maximum Gasteiger partial charge on any atom is 0.0923 e. The van der Waals surface area contributed by atoms with Gasteiger partial charge >= 0.3 is 0 Å². The molecule has 1 N–H and O–H groups in total. The van der Waals surface area contributed by atoms with Gasteiger partial charge in [0.05, 0.1) is 5.52 Å². The second-order valence-corrected chi connectivity index (χ2v) is 2.37. The average molecular weight is 210 g/mol. The molecule has 78 valence electrons. The van der Waals surface area contributed by atoms with E-state index in [0.29, 0.717) is 0 Å². The number of aryl methyl sites for hydroxylation is 1. The third kappa shape index (κ3) is 3.07. The van der Waals surface area contributed by atoms with Crippen LogP contribution in [-0.2, 0) is 0 Å². The number of nitrogens with one attached hydrogen (secondary N) is 1. The molecule has 0 spiro atoms. The van der Waals surface area contributed by atoms with Crippen molar-refractivity contribution in [2.75, 3.05) is 6.26 Å². The second kappa shape index (κ2) is 7.44. The van der Waals surface area contributed by atoms with Crippen LogP contribution < -0.4 is 0 Å². The highest BCUT2D eigenvalue weighted by molar-refractivity contribution is 7.79. The van der Waals surface area contributed by atoms with E-state index in [1.54, 1.807) is 6.26 Å². The van der Waals surface area contributed by atoms with Gasteiger partial charge in [-0.1, -0.05) is 32.0 Å². The molecule has 0 saturated heterocycles. The van der Waals surface area contributed by atoms with E-state index in [1.165, 1.54) is 5.39 Å². The van der Waals surface area contributed by atoms with E-state index in [4.69, 9.17) is 0 Å². The molecule has 0 saturated carbocycles. The van der Waals surface area contributed by atoms with Gasteiger partial charge in [-0.05, 0) is 19.2 Å². The van der Waals surface area contributed by atoms with E-state index < -0.39 is 0 Å². The van der Waals surface area contributed by atoms with Gasteiger partial charge < -0.3 is 0 Å². The van der Waals surface area contributed by atoms with Crippen LogP contribution in [0, 0.1) is 6.92 Å². The molecule has 1 aromatic heterocycles. The Hall–Kier alpha value is -0.960. The summed E-state index contributed by atoms with van der Waals surface area (Å²) < 4.78 is 0. The molecule has 2 nitrogen and oxygen atoms in total. The van der Waals surface area contributed by atoms with Gasteiger partial charge in [-0.15, -0.1) is 0 Å². The van der Waals surface area contributed by atoms with Crippen LogP contribution in [0.4, 0.5) is 0 Å². The summed E-state index contributed by atoms with van der Waals surface area (Å²) in [5.74, 6) is 0. The Morgan fingerprint density at radius 3 is 2.29 bits per heavy atom. The number of benzene rings is 1. The second-order valence-electron chi connectivity index (χ2n) is 2.37. The lowest BCUT2D eigenvalue weighted by molar-refractivity contribution is 1.07. The van der Waals surface area contributed by atoms with Gasteiger partial charge in [0, 0.05) is 11.1 Å².